The zero-order valence-electron chi connectivity index (χ0n) is 14.6. The van der Waals surface area contributed by atoms with Gasteiger partial charge in [-0.15, -0.1) is 13.2 Å². The van der Waals surface area contributed by atoms with Crippen molar-refractivity contribution in [1.29, 1.82) is 0 Å². The van der Waals surface area contributed by atoms with Gasteiger partial charge in [0.2, 0.25) is 0 Å². The van der Waals surface area contributed by atoms with Crippen LogP contribution in [-0.2, 0) is 29.0 Å². The molecule has 1 aliphatic carbocycles. The van der Waals surface area contributed by atoms with Crippen molar-refractivity contribution in [2.75, 3.05) is 0 Å². The van der Waals surface area contributed by atoms with Crippen LogP contribution in [0.2, 0.25) is 0 Å². The molecule has 161 valence electrons. The van der Waals surface area contributed by atoms with E-state index in [1.165, 1.54) is 12.1 Å². The number of aliphatic hydroxyl groups is 1. The first kappa shape index (κ1) is 25.2. The molecule has 0 amide bonds. The Labute approximate surface area is 184 Å². The van der Waals surface area contributed by atoms with Crippen LogP contribution in [0.15, 0.2) is 53.4 Å². The first-order valence-corrected chi connectivity index (χ1v) is 8.75. The summed E-state index contributed by atoms with van der Waals surface area (Å²) in [6.45, 7) is -0.434. The number of hydrogen-bond acceptors (Lipinski definition) is 7. The maximum atomic E-state index is 12.3. The Balaban J connectivity index is 0.000000771. The molecule has 1 radical (unpaired) electrons. The minimum Gasteiger partial charge on any atom is -0.652 e. The summed E-state index contributed by atoms with van der Waals surface area (Å²) >= 11 is 1.57. The number of carbonyl (C=O) groups is 1. The number of aliphatic hydroxyl groups excluding tert-OH is 1. The molecule has 2 aromatic carbocycles. The Bertz CT molecular complexity index is 796. The SMILES string of the molecule is O=C([O-])[O-].OCc1cc(OC(F)(F)F)ccc1OC1(Sc2ccccc2)CC1.[Ag+2]. The van der Waals surface area contributed by atoms with Gasteiger partial charge in [0.15, 0.2) is 4.93 Å². The first-order valence-electron chi connectivity index (χ1n) is 7.93. The quantitative estimate of drug-likeness (QED) is 0.457. The molecule has 1 fully saturated rings. The zero-order valence-corrected chi connectivity index (χ0v) is 16.9. The monoisotopic (exact) mass is 523 g/mol. The van der Waals surface area contributed by atoms with Crippen LogP contribution in [0.1, 0.15) is 18.4 Å². The molecule has 1 N–H and O–H groups in total. The van der Waals surface area contributed by atoms with Crippen LogP contribution in [0.3, 0.4) is 0 Å². The molecular weight excluding hydrogens is 509 g/mol. The third-order valence-corrected chi connectivity index (χ3v) is 4.81. The van der Waals surface area contributed by atoms with Crippen LogP contribution in [0, 0.1) is 0 Å². The molecule has 0 bridgehead atoms. The summed E-state index contributed by atoms with van der Waals surface area (Å²) in [5.41, 5.74) is 0.261. The normalized spacial score (nSPS) is 13.9. The molecule has 29 heavy (non-hydrogen) atoms. The Kier molecular flexibility index (Phi) is 9.37. The van der Waals surface area contributed by atoms with Crippen molar-refractivity contribution in [2.45, 2.75) is 35.6 Å². The summed E-state index contributed by atoms with van der Waals surface area (Å²) in [6.07, 6.45) is -5.44. The number of halogens is 3. The maximum Gasteiger partial charge on any atom is 2.00 e. The van der Waals surface area contributed by atoms with E-state index in [0.29, 0.717) is 5.75 Å². The molecule has 2 aromatic rings. The van der Waals surface area contributed by atoms with Crippen molar-refractivity contribution in [3.8, 4) is 11.5 Å². The Hall–Kier alpha value is -1.85. The molecule has 6 nitrogen and oxygen atoms in total. The molecule has 1 aliphatic rings. The Morgan fingerprint density at radius 1 is 1.14 bits per heavy atom. The van der Waals surface area contributed by atoms with Gasteiger partial charge in [-0.2, -0.15) is 0 Å². The number of rotatable bonds is 6. The van der Waals surface area contributed by atoms with Crippen molar-refractivity contribution in [3.05, 3.63) is 54.1 Å². The van der Waals surface area contributed by atoms with Crippen molar-refractivity contribution < 1.29 is 65.1 Å². The van der Waals surface area contributed by atoms with Gasteiger partial charge in [-0.3, -0.25) is 0 Å². The minimum absolute atomic E-state index is 0. The molecule has 0 spiro atoms. The van der Waals surface area contributed by atoms with Crippen molar-refractivity contribution >= 4 is 17.9 Å². The summed E-state index contributed by atoms with van der Waals surface area (Å²) in [5.74, 6) is -0.00702. The fourth-order valence-electron chi connectivity index (χ4n) is 2.21. The van der Waals surface area contributed by atoms with Gasteiger partial charge >= 0.3 is 28.7 Å². The molecule has 0 unspecified atom stereocenters. The summed E-state index contributed by atoms with van der Waals surface area (Å²) in [7, 11) is 0. The summed E-state index contributed by atoms with van der Waals surface area (Å²) in [6, 6.07) is 13.5. The number of ether oxygens (including phenoxy) is 2. The van der Waals surface area contributed by atoms with Crippen molar-refractivity contribution in [1.82, 2.24) is 0 Å². The minimum atomic E-state index is -4.77. The van der Waals surface area contributed by atoms with Gasteiger partial charge in [-0.05, 0) is 36.5 Å². The third-order valence-electron chi connectivity index (χ3n) is 3.44. The molecular formula is C18H15AgF3O6S. The summed E-state index contributed by atoms with van der Waals surface area (Å²) < 4.78 is 46.7. The maximum absolute atomic E-state index is 12.3. The van der Waals surface area contributed by atoms with E-state index in [-0.39, 0.29) is 33.7 Å². The molecule has 3 rings (SSSR count). The molecule has 0 heterocycles. The zero-order chi connectivity index (χ0) is 20.8. The van der Waals surface area contributed by atoms with Crippen LogP contribution in [-0.4, -0.2) is 22.6 Å². The number of alkyl halides is 3. The summed E-state index contributed by atoms with van der Waals surface area (Å²) in [5, 5.41) is 26.1. The number of carboxylic acid groups (broad SMARTS) is 2. The van der Waals surface area contributed by atoms with Gasteiger partial charge in [0.05, 0.1) is 6.61 Å². The molecule has 0 aliphatic heterocycles. The average molecular weight is 524 g/mol. The molecule has 0 aromatic heterocycles. The smallest absolute Gasteiger partial charge is 0.652 e. The molecule has 11 heteroatoms. The second-order valence-electron chi connectivity index (χ2n) is 5.65. The van der Waals surface area contributed by atoms with E-state index in [2.05, 4.69) is 4.74 Å². The van der Waals surface area contributed by atoms with E-state index in [4.69, 9.17) is 19.7 Å². The molecule has 0 saturated heterocycles. The van der Waals surface area contributed by atoms with Crippen LogP contribution in [0.4, 0.5) is 18.0 Å². The van der Waals surface area contributed by atoms with E-state index in [0.717, 1.165) is 23.8 Å². The third kappa shape index (κ3) is 9.01. The van der Waals surface area contributed by atoms with E-state index in [1.54, 1.807) is 11.8 Å². The molecule has 0 atom stereocenters. The summed E-state index contributed by atoms with van der Waals surface area (Å²) in [4.78, 5) is 8.95. The standard InChI is InChI=1S/C17H15F3O3S.CH2O3.Ag/c18-17(19,20)22-13-6-7-15(12(10-13)11-21)23-16(8-9-16)24-14-4-2-1-3-5-14;2-1(3)4;/h1-7,10,21H,8-9,11H2;(H2,2,3,4);/q;;+2/p-2. The van der Waals surface area contributed by atoms with Gasteiger partial charge in [-0.25, -0.2) is 0 Å². The van der Waals surface area contributed by atoms with Gasteiger partial charge < -0.3 is 29.6 Å². The van der Waals surface area contributed by atoms with E-state index < -0.39 is 24.1 Å². The number of carbonyl (C=O) groups excluding carboxylic acids is 1. The van der Waals surface area contributed by atoms with Crippen LogP contribution >= 0.6 is 11.8 Å². The van der Waals surface area contributed by atoms with Gasteiger partial charge in [0.25, 0.3) is 0 Å². The van der Waals surface area contributed by atoms with Crippen molar-refractivity contribution in [2.24, 2.45) is 0 Å². The van der Waals surface area contributed by atoms with E-state index in [9.17, 15) is 18.3 Å². The number of hydrogen-bond donors (Lipinski definition) is 1. The Morgan fingerprint density at radius 3 is 2.21 bits per heavy atom. The largest absolute Gasteiger partial charge is 2.00 e. The van der Waals surface area contributed by atoms with Crippen LogP contribution in [0.25, 0.3) is 0 Å². The molecule has 1 saturated carbocycles. The fraction of sp³-hybridized carbons (Fsp3) is 0.278. The number of thioether (sulfide) groups is 1. The second kappa shape index (κ2) is 10.8. The van der Waals surface area contributed by atoms with Gasteiger partial charge in [-0.1, -0.05) is 30.0 Å². The number of benzene rings is 2. The second-order valence-corrected chi connectivity index (χ2v) is 7.07. The van der Waals surface area contributed by atoms with Crippen LogP contribution < -0.4 is 19.7 Å². The van der Waals surface area contributed by atoms with E-state index in [1.807, 2.05) is 30.3 Å². The van der Waals surface area contributed by atoms with Crippen molar-refractivity contribution in [3.63, 3.8) is 0 Å². The fourth-order valence-corrected chi connectivity index (χ4v) is 3.37. The predicted octanol–water partition coefficient (Wildman–Crippen LogP) is 2.29. The first-order chi connectivity index (χ1) is 13.1. The average Bonchev–Trinajstić information content (AvgIpc) is 3.34. The van der Waals surface area contributed by atoms with Gasteiger partial charge in [0.1, 0.15) is 11.5 Å². The predicted molar refractivity (Wildman–Crippen MR) is 89.3 cm³/mol. The van der Waals surface area contributed by atoms with Gasteiger partial charge in [0, 0.05) is 23.3 Å². The van der Waals surface area contributed by atoms with E-state index >= 15 is 0 Å². The topological polar surface area (TPSA) is 102 Å². The Morgan fingerprint density at radius 2 is 1.72 bits per heavy atom. The van der Waals surface area contributed by atoms with Crippen LogP contribution in [0.5, 0.6) is 11.5 Å².